The van der Waals surface area contributed by atoms with Crippen molar-refractivity contribution in [2.75, 3.05) is 32.8 Å². The maximum atomic E-state index is 13.7. The molecule has 0 aromatic heterocycles. The molecule has 196 valence electrons. The Morgan fingerprint density at radius 3 is 2.47 bits per heavy atom. The van der Waals surface area contributed by atoms with Gasteiger partial charge < -0.3 is 25.0 Å². The van der Waals surface area contributed by atoms with Crippen LogP contribution in [0.4, 0.5) is 0 Å². The predicted molar refractivity (Wildman–Crippen MR) is 135 cm³/mol. The number of nitrogens with zero attached hydrogens (tertiary/aromatic N) is 2. The minimum atomic E-state index is -0.883. The monoisotopic (exact) mass is 497 g/mol. The molecule has 5 rings (SSSR count). The lowest BCUT2D eigenvalue weighted by atomic mass is 9.89. The Bertz CT molecular complexity index is 952. The number of aliphatic hydroxyl groups is 1. The van der Waals surface area contributed by atoms with Gasteiger partial charge in [0, 0.05) is 5.56 Å². The van der Waals surface area contributed by atoms with E-state index in [2.05, 4.69) is 29.3 Å². The Kier molecular flexibility index (Phi) is 7.74. The van der Waals surface area contributed by atoms with Gasteiger partial charge in [-0.2, -0.15) is 0 Å². The van der Waals surface area contributed by atoms with Gasteiger partial charge in [0.15, 0.2) is 5.78 Å². The van der Waals surface area contributed by atoms with Crippen LogP contribution in [0.2, 0.25) is 0 Å². The zero-order valence-corrected chi connectivity index (χ0v) is 21.2. The maximum Gasteiger partial charge on any atom is 0.251 e. The fraction of sp³-hybridized carbons (Fsp3) is 0.679. The number of piperidine rings is 1. The molecule has 36 heavy (non-hydrogen) atoms. The standard InChI is InChI=1S/C28H39N3O5/c1-2-13-30-14-11-19(12-15-30)18-7-9-21(10-8-18)27(34)29-24(20-5-3-4-6-20)28(35)31-16-22(32)26-25(31)23(33)17-36-26/h7-10,19-20,22,24-26,32H,2-6,11-17H2,1H3,(H,29,34)/t22-,24+,25-,26-/m1/s1. The van der Waals surface area contributed by atoms with Gasteiger partial charge in [0.25, 0.3) is 5.91 Å². The Hall–Kier alpha value is -2.29. The quantitative estimate of drug-likeness (QED) is 0.599. The normalized spacial score (nSPS) is 28.4. The fourth-order valence-corrected chi connectivity index (χ4v) is 6.64. The van der Waals surface area contributed by atoms with Crippen molar-refractivity contribution >= 4 is 17.6 Å². The van der Waals surface area contributed by atoms with Crippen LogP contribution >= 0.6 is 0 Å². The van der Waals surface area contributed by atoms with E-state index < -0.39 is 24.3 Å². The SMILES string of the molecule is CCCN1CCC(c2ccc(C(=O)N[C@H](C(=O)N3C[C@@H](O)[C@H]4OCC(=O)[C@H]43)C3CCCC3)cc2)CC1. The first-order chi connectivity index (χ1) is 17.5. The summed E-state index contributed by atoms with van der Waals surface area (Å²) < 4.78 is 5.43. The summed E-state index contributed by atoms with van der Waals surface area (Å²) in [6.07, 6.45) is 5.67. The zero-order valence-electron chi connectivity index (χ0n) is 21.2. The maximum absolute atomic E-state index is 13.7. The molecule has 0 bridgehead atoms. The first kappa shape index (κ1) is 25.4. The average molecular weight is 498 g/mol. The Balaban J connectivity index is 1.26. The topological polar surface area (TPSA) is 99.2 Å². The van der Waals surface area contributed by atoms with E-state index in [1.165, 1.54) is 16.9 Å². The number of ketones is 1. The number of β-amino-alcohol motifs (C(OH)–C–C–N with tert-alkyl or cyclic N) is 1. The summed E-state index contributed by atoms with van der Waals surface area (Å²) in [5.41, 5.74) is 1.81. The lowest BCUT2D eigenvalue weighted by Gasteiger charge is -2.32. The minimum absolute atomic E-state index is 0.0302. The van der Waals surface area contributed by atoms with Crippen LogP contribution in [-0.4, -0.2) is 89.6 Å². The van der Waals surface area contributed by atoms with Crippen LogP contribution in [0.5, 0.6) is 0 Å². The number of amides is 2. The van der Waals surface area contributed by atoms with Crippen molar-refractivity contribution in [1.82, 2.24) is 15.1 Å². The first-order valence-electron chi connectivity index (χ1n) is 13.7. The number of ether oxygens (including phenoxy) is 1. The largest absolute Gasteiger partial charge is 0.388 e. The number of Topliss-reactive ketones (excluding diaryl/α,β-unsaturated/α-hetero) is 1. The second-order valence-electron chi connectivity index (χ2n) is 11.0. The molecule has 3 heterocycles. The number of likely N-dealkylation sites (tertiary alicyclic amines) is 2. The van der Waals surface area contributed by atoms with Gasteiger partial charge >= 0.3 is 0 Å². The van der Waals surface area contributed by atoms with Crippen LogP contribution < -0.4 is 5.32 Å². The molecule has 4 fully saturated rings. The van der Waals surface area contributed by atoms with Gasteiger partial charge in [-0.05, 0) is 81.3 Å². The van der Waals surface area contributed by atoms with Crippen LogP contribution in [0, 0.1) is 5.92 Å². The molecule has 0 radical (unpaired) electrons. The summed E-state index contributed by atoms with van der Waals surface area (Å²) in [6, 6.07) is 6.37. The molecule has 2 N–H and O–H groups in total. The van der Waals surface area contributed by atoms with Crippen LogP contribution in [0.1, 0.15) is 73.7 Å². The highest BCUT2D eigenvalue weighted by Gasteiger charge is 2.53. The molecule has 4 aliphatic rings. The number of hydrogen-bond donors (Lipinski definition) is 2. The smallest absolute Gasteiger partial charge is 0.251 e. The average Bonchev–Trinajstić information content (AvgIpc) is 3.63. The summed E-state index contributed by atoms with van der Waals surface area (Å²) in [7, 11) is 0. The van der Waals surface area contributed by atoms with Gasteiger partial charge in [-0.15, -0.1) is 0 Å². The van der Waals surface area contributed by atoms with Crippen LogP contribution in [-0.2, 0) is 14.3 Å². The third-order valence-electron chi connectivity index (χ3n) is 8.64. The van der Waals surface area contributed by atoms with E-state index in [1.807, 2.05) is 12.1 Å². The molecule has 1 aromatic carbocycles. The molecule has 0 unspecified atom stereocenters. The molecule has 8 nitrogen and oxygen atoms in total. The van der Waals surface area contributed by atoms with Crippen LogP contribution in [0.3, 0.4) is 0 Å². The van der Waals surface area contributed by atoms with E-state index in [9.17, 15) is 19.5 Å². The highest BCUT2D eigenvalue weighted by Crippen LogP contribution is 2.33. The molecule has 4 atom stereocenters. The summed E-state index contributed by atoms with van der Waals surface area (Å²) in [5.74, 6) is -0.185. The molecule has 2 amide bonds. The highest BCUT2D eigenvalue weighted by molar-refractivity contribution is 5.99. The van der Waals surface area contributed by atoms with Crippen molar-refractivity contribution < 1.29 is 24.2 Å². The van der Waals surface area contributed by atoms with E-state index >= 15 is 0 Å². The summed E-state index contributed by atoms with van der Waals surface area (Å²) in [5, 5.41) is 13.4. The van der Waals surface area contributed by atoms with E-state index in [1.54, 1.807) is 0 Å². The third-order valence-corrected chi connectivity index (χ3v) is 8.64. The van der Waals surface area contributed by atoms with Crippen molar-refractivity contribution in [1.29, 1.82) is 0 Å². The van der Waals surface area contributed by atoms with Crippen LogP contribution in [0.15, 0.2) is 24.3 Å². The zero-order chi connectivity index (χ0) is 25.2. The van der Waals surface area contributed by atoms with Crippen molar-refractivity contribution in [3.8, 4) is 0 Å². The summed E-state index contributed by atoms with van der Waals surface area (Å²) in [6.45, 7) is 5.59. The molecule has 3 saturated heterocycles. The lowest BCUT2D eigenvalue weighted by molar-refractivity contribution is -0.139. The van der Waals surface area contributed by atoms with E-state index in [4.69, 9.17) is 4.74 Å². The number of rotatable bonds is 7. The van der Waals surface area contributed by atoms with Crippen molar-refractivity contribution in [3.05, 3.63) is 35.4 Å². The van der Waals surface area contributed by atoms with Crippen molar-refractivity contribution in [3.63, 3.8) is 0 Å². The number of benzene rings is 1. The molecule has 1 aliphatic carbocycles. The molecule has 1 aromatic rings. The number of carbonyl (C=O) groups is 3. The predicted octanol–water partition coefficient (Wildman–Crippen LogP) is 2.10. The van der Waals surface area contributed by atoms with Gasteiger partial charge in [0.05, 0.1) is 6.54 Å². The Morgan fingerprint density at radius 1 is 1.11 bits per heavy atom. The minimum Gasteiger partial charge on any atom is -0.388 e. The summed E-state index contributed by atoms with van der Waals surface area (Å²) >= 11 is 0. The first-order valence-corrected chi connectivity index (χ1v) is 13.7. The van der Waals surface area contributed by atoms with Crippen molar-refractivity contribution in [2.24, 2.45) is 5.92 Å². The molecular weight excluding hydrogens is 458 g/mol. The van der Waals surface area contributed by atoms with Gasteiger partial charge in [-0.25, -0.2) is 0 Å². The number of nitrogens with one attached hydrogen (secondary N) is 1. The number of aliphatic hydroxyl groups excluding tert-OH is 1. The van der Waals surface area contributed by atoms with Gasteiger partial charge in [-0.1, -0.05) is 31.9 Å². The van der Waals surface area contributed by atoms with Crippen molar-refractivity contribution in [2.45, 2.75) is 82.1 Å². The molecule has 3 aliphatic heterocycles. The molecule has 8 heteroatoms. The fourth-order valence-electron chi connectivity index (χ4n) is 6.64. The second-order valence-corrected chi connectivity index (χ2v) is 11.0. The van der Waals surface area contributed by atoms with E-state index in [0.717, 1.165) is 58.2 Å². The lowest BCUT2D eigenvalue weighted by Crippen LogP contribution is -2.54. The van der Waals surface area contributed by atoms with E-state index in [0.29, 0.717) is 11.5 Å². The van der Waals surface area contributed by atoms with Gasteiger partial charge in [0.2, 0.25) is 5.91 Å². The molecule has 0 spiro atoms. The van der Waals surface area contributed by atoms with Crippen LogP contribution in [0.25, 0.3) is 0 Å². The van der Waals surface area contributed by atoms with Gasteiger partial charge in [-0.3, -0.25) is 14.4 Å². The Labute approximate surface area is 213 Å². The van der Waals surface area contributed by atoms with Gasteiger partial charge in [0.1, 0.15) is 30.9 Å². The van der Waals surface area contributed by atoms with E-state index in [-0.39, 0.29) is 36.7 Å². The third kappa shape index (κ3) is 5.08. The number of fused-ring (bicyclic) bond motifs is 1. The highest BCUT2D eigenvalue weighted by atomic mass is 16.5. The second kappa shape index (κ2) is 11.0. The summed E-state index contributed by atoms with van der Waals surface area (Å²) in [4.78, 5) is 43.3. The number of hydrogen-bond acceptors (Lipinski definition) is 6. The molecular formula is C28H39N3O5. The number of carbonyl (C=O) groups excluding carboxylic acids is 3. The molecule has 1 saturated carbocycles. The Morgan fingerprint density at radius 2 is 1.81 bits per heavy atom.